The molecule has 0 spiro atoms. The summed E-state index contributed by atoms with van der Waals surface area (Å²) < 4.78 is 22.1. The van der Waals surface area contributed by atoms with E-state index in [1.165, 1.54) is 83.5 Å². The van der Waals surface area contributed by atoms with Crippen LogP contribution < -0.4 is 0 Å². The Morgan fingerprint density at radius 3 is 1.77 bits per heavy atom. The molecule has 0 aromatic heterocycles. The van der Waals surface area contributed by atoms with Crippen LogP contribution in [0.3, 0.4) is 0 Å². The van der Waals surface area contributed by atoms with E-state index in [9.17, 15) is 0 Å². The Balaban J connectivity index is 3.79. The maximum absolute atomic E-state index is 6.09. The van der Waals surface area contributed by atoms with E-state index in [4.69, 9.17) is 18.9 Å². The summed E-state index contributed by atoms with van der Waals surface area (Å²) in [6, 6.07) is 0. The van der Waals surface area contributed by atoms with Crippen molar-refractivity contribution in [3.8, 4) is 0 Å². The fourth-order valence-corrected chi connectivity index (χ4v) is 3.40. The van der Waals surface area contributed by atoms with Crippen LogP contribution in [-0.2, 0) is 18.9 Å². The summed E-state index contributed by atoms with van der Waals surface area (Å²) in [5.41, 5.74) is 0. The van der Waals surface area contributed by atoms with Crippen LogP contribution in [0.5, 0.6) is 0 Å². The van der Waals surface area contributed by atoms with Gasteiger partial charge < -0.3 is 18.9 Å². The molecule has 0 aromatic carbocycles. The largest absolute Gasteiger partial charge is 0.476 e. The Morgan fingerprint density at radius 2 is 1.17 bits per heavy atom. The highest BCUT2D eigenvalue weighted by Crippen LogP contribution is 2.14. The summed E-state index contributed by atoms with van der Waals surface area (Å²) in [4.78, 5) is 0. The zero-order valence-electron chi connectivity index (χ0n) is 20.5. The summed E-state index contributed by atoms with van der Waals surface area (Å²) >= 11 is 0. The van der Waals surface area contributed by atoms with Gasteiger partial charge in [0.15, 0.2) is 13.1 Å². The van der Waals surface area contributed by atoms with Crippen LogP contribution in [-0.4, -0.2) is 33.4 Å². The van der Waals surface area contributed by atoms with E-state index in [2.05, 4.69) is 19.9 Å². The quantitative estimate of drug-likeness (QED) is 0.0835. The van der Waals surface area contributed by atoms with Gasteiger partial charge >= 0.3 is 0 Å². The molecule has 0 aliphatic rings. The van der Waals surface area contributed by atoms with Crippen LogP contribution in [0.25, 0.3) is 0 Å². The lowest BCUT2D eigenvalue weighted by molar-refractivity contribution is -0.148. The van der Waals surface area contributed by atoms with Gasteiger partial charge in [0.1, 0.15) is 0 Å². The molecule has 0 rings (SSSR count). The molecule has 0 aliphatic carbocycles. The number of rotatable bonds is 25. The third kappa shape index (κ3) is 23.7. The minimum absolute atomic E-state index is 0.00298. The maximum Gasteiger partial charge on any atom is 0.187 e. The first-order valence-electron chi connectivity index (χ1n) is 12.8. The van der Waals surface area contributed by atoms with E-state index in [1.807, 2.05) is 0 Å². The number of unbranched alkanes of at least 4 members (excludes halogenated alkanes) is 13. The predicted molar refractivity (Wildman–Crippen MR) is 128 cm³/mol. The van der Waals surface area contributed by atoms with Gasteiger partial charge in [-0.2, -0.15) is 0 Å². The summed E-state index contributed by atoms with van der Waals surface area (Å²) in [5, 5.41) is 0. The van der Waals surface area contributed by atoms with Gasteiger partial charge in [-0.3, -0.25) is 0 Å². The zero-order valence-corrected chi connectivity index (χ0v) is 20.5. The molecule has 0 N–H and O–H groups in total. The first kappa shape index (κ1) is 29.4. The number of ether oxygens (including phenoxy) is 4. The number of hydrogen-bond donors (Lipinski definition) is 0. The van der Waals surface area contributed by atoms with Crippen LogP contribution in [0.1, 0.15) is 123 Å². The summed E-state index contributed by atoms with van der Waals surface area (Å²) in [6.45, 7) is 6.55. The second kappa shape index (κ2) is 26.5. The number of methoxy groups -OCH3 is 1. The Kier molecular flexibility index (Phi) is 25.9. The lowest BCUT2D eigenvalue weighted by Gasteiger charge is -2.19. The van der Waals surface area contributed by atoms with Crippen molar-refractivity contribution < 1.29 is 18.9 Å². The zero-order chi connectivity index (χ0) is 22.0. The van der Waals surface area contributed by atoms with Gasteiger partial charge in [-0.15, -0.1) is 0 Å². The van der Waals surface area contributed by atoms with E-state index in [-0.39, 0.29) is 6.29 Å². The van der Waals surface area contributed by atoms with Crippen LogP contribution in [0.4, 0.5) is 0 Å². The molecule has 0 aliphatic heterocycles. The standard InChI is InChI=1S/C26H52O4/c1-4-6-8-14-19-23-29-26(30-24-20-15-9-7-5-2)21-17-13-11-10-12-16-18-22-28-25-27-3/h18,22,26H,4-17,19-21,23-25H2,1-3H3. The first-order chi connectivity index (χ1) is 14.8. The molecule has 180 valence electrons. The molecule has 0 aromatic rings. The summed E-state index contributed by atoms with van der Waals surface area (Å²) in [5.74, 6) is 0. The van der Waals surface area contributed by atoms with Gasteiger partial charge in [0, 0.05) is 20.3 Å². The summed E-state index contributed by atoms with van der Waals surface area (Å²) in [7, 11) is 1.63. The number of allylic oxidation sites excluding steroid dienone is 1. The molecule has 0 radical (unpaired) electrons. The van der Waals surface area contributed by atoms with Crippen LogP contribution in [0, 0.1) is 0 Å². The summed E-state index contributed by atoms with van der Waals surface area (Å²) in [6.07, 6.45) is 25.0. The maximum atomic E-state index is 6.09. The third-order valence-corrected chi connectivity index (χ3v) is 5.29. The topological polar surface area (TPSA) is 36.9 Å². The molecule has 0 atom stereocenters. The molecule has 4 heteroatoms. The SMILES string of the molecule is CCCCCCCOC(CCCCCCCC=COCOC)OCCCCCCC. The molecule has 0 amide bonds. The van der Waals surface area contributed by atoms with E-state index in [0.717, 1.165) is 38.9 Å². The lowest BCUT2D eigenvalue weighted by Crippen LogP contribution is -2.19. The lowest BCUT2D eigenvalue weighted by atomic mass is 10.1. The first-order valence-corrected chi connectivity index (χ1v) is 12.8. The Bertz CT molecular complexity index is 317. The highest BCUT2D eigenvalue weighted by molar-refractivity contribution is 4.72. The van der Waals surface area contributed by atoms with Crippen LogP contribution in [0.2, 0.25) is 0 Å². The fourth-order valence-electron chi connectivity index (χ4n) is 3.40. The third-order valence-electron chi connectivity index (χ3n) is 5.29. The highest BCUT2D eigenvalue weighted by Gasteiger charge is 2.09. The van der Waals surface area contributed by atoms with Gasteiger partial charge in [-0.05, 0) is 44.6 Å². The van der Waals surface area contributed by atoms with Crippen LogP contribution >= 0.6 is 0 Å². The molecule has 30 heavy (non-hydrogen) atoms. The van der Waals surface area contributed by atoms with E-state index in [1.54, 1.807) is 13.4 Å². The molecule has 4 nitrogen and oxygen atoms in total. The van der Waals surface area contributed by atoms with Gasteiger partial charge in [0.2, 0.25) is 0 Å². The Hall–Kier alpha value is -0.580. The van der Waals surface area contributed by atoms with Crippen molar-refractivity contribution in [2.24, 2.45) is 0 Å². The predicted octanol–water partition coefficient (Wildman–Crippen LogP) is 8.15. The minimum Gasteiger partial charge on any atom is -0.476 e. The van der Waals surface area contributed by atoms with Crippen molar-refractivity contribution in [3.05, 3.63) is 12.3 Å². The molecule has 0 bridgehead atoms. The molecule has 0 heterocycles. The van der Waals surface area contributed by atoms with Crippen molar-refractivity contribution in [2.45, 2.75) is 129 Å². The van der Waals surface area contributed by atoms with E-state index >= 15 is 0 Å². The Morgan fingerprint density at radius 1 is 0.633 bits per heavy atom. The normalized spacial score (nSPS) is 11.7. The molecule has 0 fully saturated rings. The smallest absolute Gasteiger partial charge is 0.187 e. The second-order valence-electron chi connectivity index (χ2n) is 8.29. The van der Waals surface area contributed by atoms with Gasteiger partial charge in [0.25, 0.3) is 0 Å². The highest BCUT2D eigenvalue weighted by atomic mass is 16.7. The molecular formula is C26H52O4. The van der Waals surface area contributed by atoms with Crippen LogP contribution in [0.15, 0.2) is 12.3 Å². The van der Waals surface area contributed by atoms with E-state index < -0.39 is 0 Å². The van der Waals surface area contributed by atoms with Crippen molar-refractivity contribution >= 4 is 0 Å². The van der Waals surface area contributed by atoms with Gasteiger partial charge in [0.05, 0.1) is 6.26 Å². The molecule has 0 unspecified atom stereocenters. The monoisotopic (exact) mass is 428 g/mol. The average Bonchev–Trinajstić information content (AvgIpc) is 2.76. The minimum atomic E-state index is 0.00298. The van der Waals surface area contributed by atoms with Crippen molar-refractivity contribution in [1.29, 1.82) is 0 Å². The molecule has 0 saturated carbocycles. The van der Waals surface area contributed by atoms with Crippen molar-refractivity contribution in [1.82, 2.24) is 0 Å². The average molecular weight is 429 g/mol. The second-order valence-corrected chi connectivity index (χ2v) is 8.29. The molecular weight excluding hydrogens is 376 g/mol. The van der Waals surface area contributed by atoms with Crippen molar-refractivity contribution in [2.75, 3.05) is 27.1 Å². The molecule has 0 saturated heterocycles. The Labute approximate surface area is 188 Å². The number of hydrogen-bond acceptors (Lipinski definition) is 4. The van der Waals surface area contributed by atoms with Crippen molar-refractivity contribution in [3.63, 3.8) is 0 Å². The fraction of sp³-hybridized carbons (Fsp3) is 0.923. The van der Waals surface area contributed by atoms with E-state index in [0.29, 0.717) is 6.79 Å². The van der Waals surface area contributed by atoms with Gasteiger partial charge in [-0.1, -0.05) is 84.5 Å². The van der Waals surface area contributed by atoms with Gasteiger partial charge in [-0.25, -0.2) is 0 Å².